The molecule has 0 amide bonds. The molecule has 0 spiro atoms. The van der Waals surface area contributed by atoms with E-state index in [0.717, 1.165) is 16.8 Å². The minimum atomic E-state index is -0.532. The minimum Gasteiger partial charge on any atom is -0.454 e. The molecule has 3 aliphatic rings. The average Bonchev–Trinajstić information content (AvgIpc) is 3.25. The molecule has 6 rings (SSSR count). The molecule has 166 valence electrons. The number of allylic oxidation sites excluding steroid dienone is 2. The SMILES string of the molecule is CC1(C)CC(=O)C2=C(C1)Nc1nc(-c3ccccc3)[nH]c(=O)c1C2c1ccc2c(c1)OCO2. The molecular formula is C26H23N3O4. The summed E-state index contributed by atoms with van der Waals surface area (Å²) in [4.78, 5) is 34.6. The second-order valence-corrected chi connectivity index (χ2v) is 9.55. The lowest BCUT2D eigenvalue weighted by atomic mass is 9.69. The zero-order chi connectivity index (χ0) is 22.7. The first kappa shape index (κ1) is 19.8. The Balaban J connectivity index is 1.57. The summed E-state index contributed by atoms with van der Waals surface area (Å²) in [5.41, 5.74) is 3.10. The van der Waals surface area contributed by atoms with E-state index < -0.39 is 5.92 Å². The van der Waals surface area contributed by atoms with E-state index in [4.69, 9.17) is 14.5 Å². The van der Waals surface area contributed by atoms with Gasteiger partial charge in [-0.15, -0.1) is 0 Å². The third-order valence-electron chi connectivity index (χ3n) is 6.50. The Kier molecular flexibility index (Phi) is 4.24. The molecule has 0 fully saturated rings. The minimum absolute atomic E-state index is 0.0496. The van der Waals surface area contributed by atoms with E-state index in [9.17, 15) is 9.59 Å². The van der Waals surface area contributed by atoms with Crippen LogP contribution in [0, 0.1) is 5.41 Å². The number of H-pyrrole nitrogens is 1. The second kappa shape index (κ2) is 7.07. The number of carbonyl (C=O) groups is 1. The molecule has 3 heterocycles. The van der Waals surface area contributed by atoms with Crippen molar-refractivity contribution >= 4 is 11.6 Å². The van der Waals surface area contributed by atoms with Crippen molar-refractivity contribution in [2.45, 2.75) is 32.6 Å². The summed E-state index contributed by atoms with van der Waals surface area (Å²) in [5, 5.41) is 3.36. The van der Waals surface area contributed by atoms with Crippen LogP contribution in [0.2, 0.25) is 0 Å². The molecule has 1 atom stereocenters. The number of Topliss-reactive ketones (excluding diaryl/α,β-unsaturated/α-hetero) is 1. The fourth-order valence-corrected chi connectivity index (χ4v) is 5.07. The molecule has 7 heteroatoms. The van der Waals surface area contributed by atoms with Gasteiger partial charge in [-0.2, -0.15) is 0 Å². The zero-order valence-corrected chi connectivity index (χ0v) is 18.4. The number of fused-ring (bicyclic) bond motifs is 2. The van der Waals surface area contributed by atoms with E-state index in [1.54, 1.807) is 0 Å². The van der Waals surface area contributed by atoms with Crippen LogP contribution in [0.15, 0.2) is 64.6 Å². The zero-order valence-electron chi connectivity index (χ0n) is 18.4. The molecule has 1 aromatic heterocycles. The van der Waals surface area contributed by atoms with Crippen LogP contribution in [0.4, 0.5) is 5.82 Å². The van der Waals surface area contributed by atoms with Crippen molar-refractivity contribution in [3.63, 3.8) is 0 Å². The van der Waals surface area contributed by atoms with Crippen LogP contribution in [0.5, 0.6) is 11.5 Å². The number of hydrogen-bond acceptors (Lipinski definition) is 6. The molecule has 2 aromatic carbocycles. The summed E-state index contributed by atoms with van der Waals surface area (Å²) < 4.78 is 11.0. The van der Waals surface area contributed by atoms with E-state index >= 15 is 0 Å². The third-order valence-corrected chi connectivity index (χ3v) is 6.50. The van der Waals surface area contributed by atoms with Gasteiger partial charge in [0.15, 0.2) is 17.3 Å². The predicted octanol–water partition coefficient (Wildman–Crippen LogP) is 4.37. The molecule has 0 bridgehead atoms. The maximum atomic E-state index is 13.5. The number of nitrogens with zero attached hydrogens (tertiary/aromatic N) is 1. The van der Waals surface area contributed by atoms with E-state index in [-0.39, 0.29) is 23.6 Å². The topological polar surface area (TPSA) is 93.3 Å². The molecule has 1 unspecified atom stereocenters. The average molecular weight is 441 g/mol. The van der Waals surface area contributed by atoms with Crippen LogP contribution >= 0.6 is 0 Å². The number of carbonyl (C=O) groups excluding carboxylic acids is 1. The summed E-state index contributed by atoms with van der Waals surface area (Å²) >= 11 is 0. The summed E-state index contributed by atoms with van der Waals surface area (Å²) in [6.07, 6.45) is 1.13. The number of benzene rings is 2. The Hall–Kier alpha value is -3.87. The highest BCUT2D eigenvalue weighted by molar-refractivity contribution is 6.01. The monoisotopic (exact) mass is 441 g/mol. The van der Waals surface area contributed by atoms with E-state index in [2.05, 4.69) is 24.1 Å². The predicted molar refractivity (Wildman–Crippen MR) is 123 cm³/mol. The number of nitrogens with one attached hydrogen (secondary N) is 2. The molecule has 3 aromatic rings. The van der Waals surface area contributed by atoms with Crippen LogP contribution in [0.1, 0.15) is 43.7 Å². The number of ketones is 1. The van der Waals surface area contributed by atoms with Crippen LogP contribution in [-0.4, -0.2) is 22.5 Å². The van der Waals surface area contributed by atoms with Gasteiger partial charge in [0.05, 0.1) is 5.56 Å². The maximum Gasteiger partial charge on any atom is 0.257 e. The van der Waals surface area contributed by atoms with Crippen molar-refractivity contribution in [3.05, 3.63) is 81.3 Å². The van der Waals surface area contributed by atoms with E-state index in [1.165, 1.54) is 0 Å². The van der Waals surface area contributed by atoms with E-state index in [1.807, 2.05) is 48.5 Å². The number of rotatable bonds is 2. The van der Waals surface area contributed by atoms with Crippen LogP contribution in [0.25, 0.3) is 11.4 Å². The van der Waals surface area contributed by atoms with Crippen molar-refractivity contribution in [3.8, 4) is 22.9 Å². The third kappa shape index (κ3) is 3.23. The number of hydrogen-bond donors (Lipinski definition) is 2. The number of aromatic nitrogens is 2. The van der Waals surface area contributed by atoms with Crippen molar-refractivity contribution in [2.24, 2.45) is 5.41 Å². The molecule has 1 aliphatic carbocycles. The van der Waals surface area contributed by atoms with Crippen LogP contribution in [0.3, 0.4) is 0 Å². The summed E-state index contributed by atoms with van der Waals surface area (Å²) in [5.74, 6) is 1.77. The Morgan fingerprint density at radius 1 is 1.00 bits per heavy atom. The first-order chi connectivity index (χ1) is 15.9. The van der Waals surface area contributed by atoms with Gasteiger partial charge in [-0.3, -0.25) is 9.59 Å². The Labute approximate surface area is 190 Å². The van der Waals surface area contributed by atoms with Gasteiger partial charge in [0.1, 0.15) is 11.6 Å². The highest BCUT2D eigenvalue weighted by Crippen LogP contribution is 2.49. The first-order valence-corrected chi connectivity index (χ1v) is 11.0. The van der Waals surface area contributed by atoms with Crippen LogP contribution in [-0.2, 0) is 4.79 Å². The normalized spacial score (nSPS) is 20.2. The second-order valence-electron chi connectivity index (χ2n) is 9.55. The highest BCUT2D eigenvalue weighted by Gasteiger charge is 2.42. The van der Waals surface area contributed by atoms with Gasteiger partial charge < -0.3 is 19.8 Å². The molecule has 0 saturated carbocycles. The lowest BCUT2D eigenvalue weighted by Crippen LogP contribution is -2.37. The summed E-state index contributed by atoms with van der Waals surface area (Å²) in [7, 11) is 0. The molecular weight excluding hydrogens is 418 g/mol. The lowest BCUT2D eigenvalue weighted by Gasteiger charge is -2.38. The number of ether oxygens (including phenoxy) is 2. The van der Waals surface area contributed by atoms with Gasteiger partial charge >= 0.3 is 0 Å². The number of anilines is 1. The van der Waals surface area contributed by atoms with Gasteiger partial charge in [0.25, 0.3) is 5.56 Å². The van der Waals surface area contributed by atoms with E-state index in [0.29, 0.717) is 47.1 Å². The quantitative estimate of drug-likeness (QED) is 0.614. The van der Waals surface area contributed by atoms with Gasteiger partial charge in [0.2, 0.25) is 6.79 Å². The largest absolute Gasteiger partial charge is 0.454 e. The Morgan fingerprint density at radius 2 is 1.79 bits per heavy atom. The van der Waals surface area contributed by atoms with Crippen molar-refractivity contribution in [1.82, 2.24) is 9.97 Å². The molecule has 2 aliphatic heterocycles. The molecule has 33 heavy (non-hydrogen) atoms. The molecule has 0 saturated heterocycles. The van der Waals surface area contributed by atoms with Gasteiger partial charge in [-0.25, -0.2) is 4.98 Å². The Morgan fingerprint density at radius 3 is 2.61 bits per heavy atom. The standard InChI is InChI=1S/C26H23N3O4/c1-26(2)11-16-21(17(30)12-26)20(15-8-9-18-19(10-15)33-13-32-18)22-24(27-16)28-23(29-25(22)31)14-6-4-3-5-7-14/h3-10,20H,11-13H2,1-2H3,(H2,27,28,29,31). The summed E-state index contributed by atoms with van der Waals surface area (Å²) in [6.45, 7) is 4.33. The smallest absolute Gasteiger partial charge is 0.257 e. The summed E-state index contributed by atoms with van der Waals surface area (Å²) in [6, 6.07) is 15.1. The fraction of sp³-hybridized carbons (Fsp3) is 0.269. The van der Waals surface area contributed by atoms with Gasteiger partial charge in [-0.1, -0.05) is 50.2 Å². The highest BCUT2D eigenvalue weighted by atomic mass is 16.7. The Bertz CT molecular complexity index is 1390. The van der Waals surface area contributed by atoms with Crippen molar-refractivity contribution in [1.29, 1.82) is 0 Å². The van der Waals surface area contributed by atoms with Crippen LogP contribution < -0.4 is 20.3 Å². The fourth-order valence-electron chi connectivity index (χ4n) is 5.07. The molecule has 2 N–H and O–H groups in total. The molecule has 0 radical (unpaired) electrons. The first-order valence-electron chi connectivity index (χ1n) is 11.0. The van der Waals surface area contributed by atoms with Crippen molar-refractivity contribution in [2.75, 3.05) is 12.1 Å². The molecule has 7 nitrogen and oxygen atoms in total. The number of aromatic amines is 1. The maximum absolute atomic E-state index is 13.5. The van der Waals surface area contributed by atoms with Crippen molar-refractivity contribution < 1.29 is 14.3 Å². The van der Waals surface area contributed by atoms with Gasteiger partial charge in [-0.05, 0) is 29.5 Å². The lowest BCUT2D eigenvalue weighted by molar-refractivity contribution is -0.118. The van der Waals surface area contributed by atoms with Gasteiger partial charge in [0, 0.05) is 29.2 Å².